The Labute approximate surface area is 96.7 Å². The van der Waals surface area contributed by atoms with Crippen molar-refractivity contribution in [2.75, 3.05) is 7.11 Å². The maximum atomic E-state index is 11.2. The van der Waals surface area contributed by atoms with E-state index >= 15 is 0 Å². The van der Waals surface area contributed by atoms with Gasteiger partial charge in [0.05, 0.1) is 19.5 Å². The zero-order valence-corrected chi connectivity index (χ0v) is 9.82. The van der Waals surface area contributed by atoms with Crippen molar-refractivity contribution in [1.82, 2.24) is 14.8 Å². The maximum Gasteiger partial charge on any atom is 0.349 e. The summed E-state index contributed by atoms with van der Waals surface area (Å²) in [5.74, 6) is -0.355. The molecule has 0 spiro atoms. The molecule has 2 heterocycles. The number of hydrogen-bond donors (Lipinski definition) is 0. The summed E-state index contributed by atoms with van der Waals surface area (Å²) in [7, 11) is 1.36. The molecule has 0 aliphatic heterocycles. The minimum Gasteiger partial charge on any atom is -0.465 e. The molecule has 0 radical (unpaired) electrons. The average Bonchev–Trinajstić information content (AvgIpc) is 2.95. The number of thiazole rings is 1. The molecular weight excluding hydrogens is 226 g/mol. The molecule has 16 heavy (non-hydrogen) atoms. The van der Waals surface area contributed by atoms with E-state index in [1.807, 2.05) is 17.8 Å². The average molecular weight is 237 g/mol. The zero-order chi connectivity index (χ0) is 11.5. The van der Waals surface area contributed by atoms with Crippen molar-refractivity contribution in [2.24, 2.45) is 0 Å². The predicted octanol–water partition coefficient (Wildman–Crippen LogP) is 1.81. The molecule has 5 nitrogen and oxygen atoms in total. The minimum atomic E-state index is -0.355. The maximum absolute atomic E-state index is 11.2. The molecule has 2 rings (SSSR count). The number of carbonyl (C=O) groups is 1. The number of ether oxygens (including phenoxy) is 1. The van der Waals surface area contributed by atoms with Gasteiger partial charge in [-0.25, -0.2) is 9.78 Å². The third-order valence-corrected chi connectivity index (χ3v) is 3.12. The van der Waals surface area contributed by atoms with E-state index in [9.17, 15) is 4.79 Å². The van der Waals surface area contributed by atoms with Gasteiger partial charge >= 0.3 is 5.97 Å². The molecule has 0 unspecified atom stereocenters. The molecule has 0 aliphatic carbocycles. The highest BCUT2D eigenvalue weighted by Crippen LogP contribution is 2.24. The second-order valence-corrected chi connectivity index (χ2v) is 4.14. The summed E-state index contributed by atoms with van der Waals surface area (Å²) in [6.45, 7) is 2.83. The Morgan fingerprint density at radius 1 is 1.56 bits per heavy atom. The predicted molar refractivity (Wildman–Crippen MR) is 60.3 cm³/mol. The fraction of sp³-hybridized carbons (Fsp3) is 0.300. The second kappa shape index (κ2) is 4.44. The van der Waals surface area contributed by atoms with Gasteiger partial charge in [-0.05, 0) is 6.92 Å². The second-order valence-electron chi connectivity index (χ2n) is 3.11. The molecule has 0 aromatic carbocycles. The van der Waals surface area contributed by atoms with Gasteiger partial charge in [0.1, 0.15) is 9.88 Å². The number of hydrogen-bond acceptors (Lipinski definition) is 5. The largest absolute Gasteiger partial charge is 0.465 e. The van der Waals surface area contributed by atoms with Crippen molar-refractivity contribution < 1.29 is 9.53 Å². The highest BCUT2D eigenvalue weighted by atomic mass is 32.1. The molecule has 0 saturated carbocycles. The van der Waals surface area contributed by atoms with Gasteiger partial charge in [0.15, 0.2) is 0 Å². The molecule has 0 saturated heterocycles. The van der Waals surface area contributed by atoms with Gasteiger partial charge in [-0.3, -0.25) is 4.68 Å². The van der Waals surface area contributed by atoms with Crippen LogP contribution in [0.4, 0.5) is 0 Å². The molecule has 0 amide bonds. The van der Waals surface area contributed by atoms with Crippen LogP contribution in [-0.4, -0.2) is 27.8 Å². The van der Waals surface area contributed by atoms with Crippen LogP contribution in [-0.2, 0) is 11.3 Å². The van der Waals surface area contributed by atoms with Crippen LogP contribution in [0.25, 0.3) is 10.6 Å². The minimum absolute atomic E-state index is 0.355. The van der Waals surface area contributed by atoms with Crippen LogP contribution in [0.1, 0.15) is 16.6 Å². The SMILES string of the molecule is CCn1cc(-c2ncc(C(=O)OC)s2)cn1. The molecule has 0 atom stereocenters. The van der Waals surface area contributed by atoms with Crippen LogP contribution >= 0.6 is 11.3 Å². The zero-order valence-electron chi connectivity index (χ0n) is 9.01. The van der Waals surface area contributed by atoms with Crippen molar-refractivity contribution in [3.05, 3.63) is 23.5 Å². The monoisotopic (exact) mass is 237 g/mol. The molecule has 0 aliphatic rings. The van der Waals surface area contributed by atoms with E-state index in [1.54, 1.807) is 6.20 Å². The van der Waals surface area contributed by atoms with Gasteiger partial charge in [0.2, 0.25) is 0 Å². The van der Waals surface area contributed by atoms with Gasteiger partial charge in [0, 0.05) is 18.3 Å². The first-order valence-corrected chi connectivity index (χ1v) is 5.63. The van der Waals surface area contributed by atoms with E-state index in [2.05, 4.69) is 14.8 Å². The quantitative estimate of drug-likeness (QED) is 0.764. The van der Waals surface area contributed by atoms with Crippen molar-refractivity contribution in [3.8, 4) is 10.6 Å². The van der Waals surface area contributed by atoms with Crippen LogP contribution < -0.4 is 0 Å². The summed E-state index contributed by atoms with van der Waals surface area (Å²) in [5, 5.41) is 4.93. The Hall–Kier alpha value is -1.69. The van der Waals surface area contributed by atoms with Crippen molar-refractivity contribution in [2.45, 2.75) is 13.5 Å². The van der Waals surface area contributed by atoms with Crippen LogP contribution in [0.15, 0.2) is 18.6 Å². The number of aryl methyl sites for hydroxylation is 1. The molecular formula is C10H11N3O2S. The normalized spacial score (nSPS) is 10.4. The first-order valence-electron chi connectivity index (χ1n) is 4.81. The third kappa shape index (κ3) is 1.96. The summed E-state index contributed by atoms with van der Waals surface area (Å²) in [6.07, 6.45) is 5.17. The highest BCUT2D eigenvalue weighted by molar-refractivity contribution is 7.16. The Morgan fingerprint density at radius 3 is 3.00 bits per heavy atom. The number of rotatable bonds is 3. The van der Waals surface area contributed by atoms with E-state index < -0.39 is 0 Å². The molecule has 0 fully saturated rings. The van der Waals surface area contributed by atoms with Crippen LogP contribution in [0.5, 0.6) is 0 Å². The van der Waals surface area contributed by atoms with E-state index in [-0.39, 0.29) is 5.97 Å². The van der Waals surface area contributed by atoms with E-state index in [4.69, 9.17) is 0 Å². The van der Waals surface area contributed by atoms with Crippen LogP contribution in [0.3, 0.4) is 0 Å². The lowest BCUT2D eigenvalue weighted by atomic mass is 10.4. The Kier molecular flexibility index (Phi) is 3.00. The molecule has 6 heteroatoms. The smallest absolute Gasteiger partial charge is 0.349 e. The van der Waals surface area contributed by atoms with Crippen LogP contribution in [0, 0.1) is 0 Å². The number of esters is 1. The van der Waals surface area contributed by atoms with Crippen molar-refractivity contribution in [3.63, 3.8) is 0 Å². The molecule has 0 bridgehead atoms. The lowest BCUT2D eigenvalue weighted by molar-refractivity contribution is 0.0606. The van der Waals surface area contributed by atoms with E-state index in [0.717, 1.165) is 17.1 Å². The van der Waals surface area contributed by atoms with Gasteiger partial charge in [-0.15, -0.1) is 11.3 Å². The summed E-state index contributed by atoms with van der Waals surface area (Å²) in [6, 6.07) is 0. The number of methoxy groups -OCH3 is 1. The lowest BCUT2D eigenvalue weighted by Gasteiger charge is -1.91. The Morgan fingerprint density at radius 2 is 2.38 bits per heavy atom. The summed E-state index contributed by atoms with van der Waals surface area (Å²) in [4.78, 5) is 15.9. The summed E-state index contributed by atoms with van der Waals surface area (Å²) < 4.78 is 6.44. The topological polar surface area (TPSA) is 57.0 Å². The van der Waals surface area contributed by atoms with Gasteiger partial charge in [-0.2, -0.15) is 5.10 Å². The standard InChI is InChI=1S/C10H11N3O2S/c1-3-13-6-7(4-12-13)9-11-5-8(16-9)10(14)15-2/h4-6H,3H2,1-2H3. The fourth-order valence-electron chi connectivity index (χ4n) is 1.25. The first-order chi connectivity index (χ1) is 7.74. The lowest BCUT2D eigenvalue weighted by Crippen LogP contribution is -1.96. The van der Waals surface area contributed by atoms with Gasteiger partial charge < -0.3 is 4.74 Å². The fourth-order valence-corrected chi connectivity index (χ4v) is 2.06. The number of nitrogens with zero attached hydrogens (tertiary/aromatic N) is 3. The number of carbonyl (C=O) groups excluding carboxylic acids is 1. The molecule has 84 valence electrons. The molecule has 0 N–H and O–H groups in total. The Bertz CT molecular complexity index is 504. The summed E-state index contributed by atoms with van der Waals surface area (Å²) in [5.41, 5.74) is 0.919. The first kappa shape index (κ1) is 10.8. The van der Waals surface area contributed by atoms with Gasteiger partial charge in [-0.1, -0.05) is 0 Å². The third-order valence-electron chi connectivity index (χ3n) is 2.10. The molecule has 2 aromatic heterocycles. The van der Waals surface area contributed by atoms with E-state index in [0.29, 0.717) is 4.88 Å². The van der Waals surface area contributed by atoms with Gasteiger partial charge in [0.25, 0.3) is 0 Å². The number of aromatic nitrogens is 3. The van der Waals surface area contributed by atoms with Crippen molar-refractivity contribution in [1.29, 1.82) is 0 Å². The molecule has 2 aromatic rings. The van der Waals surface area contributed by atoms with Crippen molar-refractivity contribution >= 4 is 17.3 Å². The van der Waals surface area contributed by atoms with E-state index in [1.165, 1.54) is 24.6 Å². The Balaban J connectivity index is 2.27. The highest BCUT2D eigenvalue weighted by Gasteiger charge is 2.12. The summed E-state index contributed by atoms with van der Waals surface area (Å²) >= 11 is 1.30. The van der Waals surface area contributed by atoms with Crippen LogP contribution in [0.2, 0.25) is 0 Å².